The summed E-state index contributed by atoms with van der Waals surface area (Å²) in [4.78, 5) is 30.6. The molecule has 4 aromatic carbocycles. The lowest BCUT2D eigenvalue weighted by molar-refractivity contribution is -0.120. The van der Waals surface area contributed by atoms with Gasteiger partial charge in [-0.05, 0) is 110 Å². The molecule has 11 heteroatoms. The Bertz CT molecular complexity index is 1780. The molecule has 1 aliphatic heterocycles. The van der Waals surface area contributed by atoms with Crippen LogP contribution < -0.4 is 19.3 Å². The number of hydrogen-bond donors (Lipinski definition) is 0. The summed E-state index contributed by atoms with van der Waals surface area (Å²) < 4.78 is 11.9. The van der Waals surface area contributed by atoms with Crippen molar-refractivity contribution < 1.29 is 19.1 Å². The smallest absolute Gasteiger partial charge is 0.270 e. The molecule has 2 amide bonds. The van der Waals surface area contributed by atoms with Crippen LogP contribution in [0, 0.1) is 13.8 Å². The Morgan fingerprint density at radius 3 is 1.80 bits per heavy atom. The molecule has 0 atom stereocenters. The molecule has 4 aromatic rings. The minimum absolute atomic E-state index is 0.0408. The summed E-state index contributed by atoms with van der Waals surface area (Å²) in [6.07, 6.45) is 1.45. The van der Waals surface area contributed by atoms with Crippen molar-refractivity contribution in [2.45, 2.75) is 27.4 Å². The first-order valence-corrected chi connectivity index (χ1v) is 15.7. The van der Waals surface area contributed by atoms with Gasteiger partial charge in [0.2, 0.25) is 0 Å². The molecule has 1 fully saturated rings. The van der Waals surface area contributed by atoms with Gasteiger partial charge in [0.1, 0.15) is 12.2 Å². The Hall–Kier alpha value is -3.59. The molecule has 6 nitrogen and oxygen atoms in total. The first-order chi connectivity index (χ1) is 21.5. The topological polar surface area (TPSA) is 59.1 Å². The van der Waals surface area contributed by atoms with Crippen LogP contribution >= 0.6 is 58.6 Å². The molecule has 230 valence electrons. The number of carbonyl (C=O) groups excluding carboxylic acids is 2. The van der Waals surface area contributed by atoms with Gasteiger partial charge in [-0.2, -0.15) is 0 Å². The van der Waals surface area contributed by atoms with Gasteiger partial charge in [0, 0.05) is 15.1 Å². The number of carbonyl (C=O) groups is 2. The summed E-state index contributed by atoms with van der Waals surface area (Å²) in [7, 11) is 0. The number of thiocarbonyl (C=S) groups is 1. The van der Waals surface area contributed by atoms with E-state index in [9.17, 15) is 9.59 Å². The van der Waals surface area contributed by atoms with Gasteiger partial charge in [-0.15, -0.1) is 0 Å². The number of amides is 2. The fraction of sp³-hybridized carbons (Fsp3) is 0.147. The average molecular weight is 700 g/mol. The van der Waals surface area contributed by atoms with Crippen LogP contribution in [0.5, 0.6) is 11.5 Å². The standard InChI is InChI=1S/C34H26Cl4N2O4S/c1-4-43-30-15-22(14-29(38)31(30)44-18-21-7-9-23(35)10-8-21)13-26-32(41)39(24-11-5-19(2)27(36)16-24)34(45)40(33(26)42)25-12-6-20(3)28(37)17-25/h5-17H,4,18H2,1-3H3. The normalized spacial score (nSPS) is 13.4. The Kier molecular flexibility index (Phi) is 10.1. The molecule has 45 heavy (non-hydrogen) atoms. The fourth-order valence-corrected chi connectivity index (χ4v) is 5.73. The van der Waals surface area contributed by atoms with Gasteiger partial charge in [0.25, 0.3) is 11.8 Å². The number of anilines is 2. The zero-order chi connectivity index (χ0) is 32.4. The molecule has 5 rings (SSSR count). The highest BCUT2D eigenvalue weighted by molar-refractivity contribution is 7.81. The zero-order valence-corrected chi connectivity index (χ0v) is 28.2. The van der Waals surface area contributed by atoms with Crippen molar-refractivity contribution in [3.8, 4) is 11.5 Å². The second kappa shape index (κ2) is 13.8. The van der Waals surface area contributed by atoms with E-state index in [-0.39, 0.29) is 22.3 Å². The van der Waals surface area contributed by atoms with Crippen molar-refractivity contribution in [3.05, 3.63) is 121 Å². The molecule has 1 aliphatic rings. The van der Waals surface area contributed by atoms with Crippen LogP contribution in [0.1, 0.15) is 29.2 Å². The Morgan fingerprint density at radius 1 is 0.733 bits per heavy atom. The second-order valence-electron chi connectivity index (χ2n) is 10.2. The zero-order valence-electron chi connectivity index (χ0n) is 24.4. The van der Waals surface area contributed by atoms with Gasteiger partial charge < -0.3 is 9.47 Å². The third-order valence-electron chi connectivity index (χ3n) is 7.02. The summed E-state index contributed by atoms with van der Waals surface area (Å²) in [5, 5.41) is 1.69. The van der Waals surface area contributed by atoms with Crippen molar-refractivity contribution in [1.82, 2.24) is 0 Å². The lowest BCUT2D eigenvalue weighted by Gasteiger charge is -2.36. The molecular formula is C34H26Cl4N2O4S. The Balaban J connectivity index is 1.59. The summed E-state index contributed by atoms with van der Waals surface area (Å²) >= 11 is 31.3. The number of hydrogen-bond acceptors (Lipinski definition) is 5. The average Bonchev–Trinajstić information content (AvgIpc) is 2.99. The molecule has 0 aliphatic carbocycles. The van der Waals surface area contributed by atoms with E-state index in [1.54, 1.807) is 60.7 Å². The van der Waals surface area contributed by atoms with Crippen LogP contribution in [0.2, 0.25) is 20.1 Å². The first-order valence-electron chi connectivity index (χ1n) is 13.8. The molecule has 0 aromatic heterocycles. The molecule has 0 N–H and O–H groups in total. The van der Waals surface area contributed by atoms with Gasteiger partial charge in [-0.1, -0.05) is 70.7 Å². The number of ether oxygens (including phenoxy) is 2. The molecule has 1 heterocycles. The molecule has 0 spiro atoms. The van der Waals surface area contributed by atoms with Crippen LogP contribution in [-0.4, -0.2) is 23.5 Å². The number of nitrogens with zero attached hydrogens (tertiary/aromatic N) is 2. The number of halogens is 4. The van der Waals surface area contributed by atoms with Crippen LogP contribution in [-0.2, 0) is 16.2 Å². The van der Waals surface area contributed by atoms with Crippen LogP contribution in [0.3, 0.4) is 0 Å². The molecule has 0 bridgehead atoms. The van der Waals surface area contributed by atoms with E-state index in [1.165, 1.54) is 15.9 Å². The minimum atomic E-state index is -0.628. The quantitative estimate of drug-likeness (QED) is 0.104. The van der Waals surface area contributed by atoms with Crippen LogP contribution in [0.25, 0.3) is 6.08 Å². The molecule has 0 radical (unpaired) electrons. The van der Waals surface area contributed by atoms with Crippen molar-refractivity contribution in [2.75, 3.05) is 16.4 Å². The van der Waals surface area contributed by atoms with Crippen molar-refractivity contribution in [3.63, 3.8) is 0 Å². The largest absolute Gasteiger partial charge is 0.490 e. The van der Waals surface area contributed by atoms with Crippen molar-refractivity contribution in [2.24, 2.45) is 0 Å². The lowest BCUT2D eigenvalue weighted by Crippen LogP contribution is -2.57. The number of benzene rings is 4. The summed E-state index contributed by atoms with van der Waals surface area (Å²) in [5.74, 6) is -0.584. The molecule has 0 saturated carbocycles. The van der Waals surface area contributed by atoms with Gasteiger partial charge in [0.15, 0.2) is 16.6 Å². The van der Waals surface area contributed by atoms with E-state index >= 15 is 0 Å². The van der Waals surface area contributed by atoms with Crippen molar-refractivity contribution >= 4 is 93.0 Å². The summed E-state index contributed by atoms with van der Waals surface area (Å²) in [5.41, 5.74) is 3.61. The van der Waals surface area contributed by atoms with E-state index in [1.807, 2.05) is 32.9 Å². The SMILES string of the molecule is CCOc1cc(C=C2C(=O)N(c3ccc(C)c(Cl)c3)C(=S)N(c3ccc(C)c(Cl)c3)C2=O)cc(Cl)c1OCc1ccc(Cl)cc1. The Morgan fingerprint density at radius 2 is 1.29 bits per heavy atom. The predicted octanol–water partition coefficient (Wildman–Crippen LogP) is 9.64. The Labute approximate surface area is 286 Å². The highest BCUT2D eigenvalue weighted by Gasteiger charge is 2.41. The van der Waals surface area contributed by atoms with Gasteiger partial charge in [-0.3, -0.25) is 19.4 Å². The predicted molar refractivity (Wildman–Crippen MR) is 186 cm³/mol. The third-order valence-corrected chi connectivity index (χ3v) is 8.73. The molecular weight excluding hydrogens is 674 g/mol. The van der Waals surface area contributed by atoms with E-state index in [0.29, 0.717) is 50.1 Å². The second-order valence-corrected chi connectivity index (χ2v) is 12.2. The molecule has 1 saturated heterocycles. The fourth-order valence-electron chi connectivity index (χ4n) is 4.60. The van der Waals surface area contributed by atoms with E-state index < -0.39 is 11.8 Å². The maximum Gasteiger partial charge on any atom is 0.270 e. The van der Waals surface area contributed by atoms with Crippen LogP contribution in [0.15, 0.2) is 78.4 Å². The van der Waals surface area contributed by atoms with Crippen LogP contribution in [0.4, 0.5) is 11.4 Å². The maximum absolute atomic E-state index is 14.0. The molecule has 0 unspecified atom stereocenters. The van der Waals surface area contributed by atoms with Gasteiger partial charge in [-0.25, -0.2) is 0 Å². The minimum Gasteiger partial charge on any atom is -0.490 e. The summed E-state index contributed by atoms with van der Waals surface area (Å²) in [6.45, 7) is 6.06. The highest BCUT2D eigenvalue weighted by atomic mass is 35.5. The third kappa shape index (κ3) is 6.98. The van der Waals surface area contributed by atoms with Crippen molar-refractivity contribution in [1.29, 1.82) is 0 Å². The highest BCUT2D eigenvalue weighted by Crippen LogP contribution is 2.39. The van der Waals surface area contributed by atoms with E-state index in [0.717, 1.165) is 16.7 Å². The first kappa shape index (κ1) is 32.8. The number of rotatable bonds is 8. The van der Waals surface area contributed by atoms with E-state index in [2.05, 4.69) is 0 Å². The summed E-state index contributed by atoms with van der Waals surface area (Å²) in [6, 6.07) is 20.7. The van der Waals surface area contributed by atoms with Gasteiger partial charge >= 0.3 is 0 Å². The maximum atomic E-state index is 14.0. The van der Waals surface area contributed by atoms with Gasteiger partial charge in [0.05, 0.1) is 23.0 Å². The number of aryl methyl sites for hydroxylation is 2. The monoisotopic (exact) mass is 698 g/mol. The lowest BCUT2D eigenvalue weighted by atomic mass is 10.0. The van der Waals surface area contributed by atoms with E-state index in [4.69, 9.17) is 68.1 Å².